The Bertz CT molecular complexity index is 1090. The molecule has 0 radical (unpaired) electrons. The van der Waals surface area contributed by atoms with E-state index in [1.807, 2.05) is 82.3 Å². The summed E-state index contributed by atoms with van der Waals surface area (Å²) < 4.78 is 4.62. The SMILES string of the molecule is CCC(C)C(=O)NC(Cc1ccccc1)C(O)C(=O)N1CSC(C)(C)C1C(=O)NCc1ccc(OC)cc1. The van der Waals surface area contributed by atoms with Crippen molar-refractivity contribution in [3.05, 3.63) is 65.7 Å². The summed E-state index contributed by atoms with van der Waals surface area (Å²) in [5.41, 5.74) is 1.79. The van der Waals surface area contributed by atoms with Crippen LogP contribution >= 0.6 is 11.8 Å². The van der Waals surface area contributed by atoms with Crippen molar-refractivity contribution in [3.8, 4) is 5.75 Å². The van der Waals surface area contributed by atoms with Gasteiger partial charge in [0.15, 0.2) is 6.10 Å². The molecule has 4 unspecified atom stereocenters. The Labute approximate surface area is 229 Å². The first-order valence-corrected chi connectivity index (χ1v) is 13.9. The highest BCUT2D eigenvalue weighted by atomic mass is 32.2. The van der Waals surface area contributed by atoms with Gasteiger partial charge in [-0.3, -0.25) is 14.4 Å². The molecule has 1 aliphatic heterocycles. The summed E-state index contributed by atoms with van der Waals surface area (Å²) >= 11 is 1.48. The first-order chi connectivity index (χ1) is 18.1. The van der Waals surface area contributed by atoms with Crippen LogP contribution in [0.2, 0.25) is 0 Å². The molecule has 8 nitrogen and oxygen atoms in total. The van der Waals surface area contributed by atoms with Crippen LogP contribution in [-0.2, 0) is 27.3 Å². The summed E-state index contributed by atoms with van der Waals surface area (Å²) in [5, 5.41) is 17.1. The number of benzene rings is 2. The van der Waals surface area contributed by atoms with Crippen LogP contribution in [0.5, 0.6) is 5.75 Å². The summed E-state index contributed by atoms with van der Waals surface area (Å²) in [6.07, 6.45) is -0.578. The molecule has 3 amide bonds. The fourth-order valence-electron chi connectivity index (χ4n) is 4.40. The van der Waals surface area contributed by atoms with Crippen molar-refractivity contribution in [2.75, 3.05) is 13.0 Å². The van der Waals surface area contributed by atoms with Gasteiger partial charge in [0, 0.05) is 17.2 Å². The number of amides is 3. The Kier molecular flexibility index (Phi) is 10.2. The smallest absolute Gasteiger partial charge is 0.254 e. The van der Waals surface area contributed by atoms with Crippen LogP contribution in [-0.4, -0.2) is 63.6 Å². The number of carbonyl (C=O) groups excluding carboxylic acids is 3. The maximum atomic E-state index is 13.7. The van der Waals surface area contributed by atoms with Crippen molar-refractivity contribution >= 4 is 29.5 Å². The van der Waals surface area contributed by atoms with E-state index in [1.165, 1.54) is 16.7 Å². The minimum Gasteiger partial charge on any atom is -0.497 e. The maximum Gasteiger partial charge on any atom is 0.254 e. The minimum atomic E-state index is -1.50. The number of methoxy groups -OCH3 is 1. The molecule has 1 saturated heterocycles. The fraction of sp³-hybridized carbons (Fsp3) is 0.483. The van der Waals surface area contributed by atoms with Crippen LogP contribution in [0, 0.1) is 5.92 Å². The second kappa shape index (κ2) is 13.2. The van der Waals surface area contributed by atoms with Crippen LogP contribution < -0.4 is 15.4 Å². The van der Waals surface area contributed by atoms with E-state index in [2.05, 4.69) is 10.6 Å². The predicted molar refractivity (Wildman–Crippen MR) is 150 cm³/mol. The Hall–Kier alpha value is -3.04. The van der Waals surface area contributed by atoms with Gasteiger partial charge >= 0.3 is 0 Å². The number of nitrogens with one attached hydrogen (secondary N) is 2. The highest BCUT2D eigenvalue weighted by molar-refractivity contribution is 8.00. The van der Waals surface area contributed by atoms with Gasteiger partial charge < -0.3 is 25.4 Å². The van der Waals surface area contributed by atoms with Gasteiger partial charge in [-0.25, -0.2) is 0 Å². The highest BCUT2D eigenvalue weighted by Crippen LogP contribution is 2.40. The molecule has 2 aromatic rings. The third-order valence-corrected chi connectivity index (χ3v) is 8.40. The predicted octanol–water partition coefficient (Wildman–Crippen LogP) is 3.13. The monoisotopic (exact) mass is 541 g/mol. The maximum absolute atomic E-state index is 13.7. The van der Waals surface area contributed by atoms with Crippen molar-refractivity contribution in [2.45, 2.75) is 70.0 Å². The van der Waals surface area contributed by atoms with Gasteiger partial charge in [-0.2, -0.15) is 0 Å². The molecule has 3 N–H and O–H groups in total. The number of aliphatic hydroxyl groups is 1. The lowest BCUT2D eigenvalue weighted by atomic mass is 9.96. The van der Waals surface area contributed by atoms with E-state index in [1.54, 1.807) is 7.11 Å². The fourth-order valence-corrected chi connectivity index (χ4v) is 5.54. The summed E-state index contributed by atoms with van der Waals surface area (Å²) in [6.45, 7) is 7.86. The van der Waals surface area contributed by atoms with Crippen molar-refractivity contribution in [3.63, 3.8) is 0 Å². The molecule has 2 aromatic carbocycles. The van der Waals surface area contributed by atoms with Crippen molar-refractivity contribution < 1.29 is 24.2 Å². The van der Waals surface area contributed by atoms with Crippen LogP contribution in [0.3, 0.4) is 0 Å². The van der Waals surface area contributed by atoms with Gasteiger partial charge in [0.1, 0.15) is 11.8 Å². The Morgan fingerprint density at radius 2 is 1.76 bits per heavy atom. The normalized spacial score (nSPS) is 18.8. The molecule has 206 valence electrons. The lowest BCUT2D eigenvalue weighted by Gasteiger charge is -2.33. The molecular weight excluding hydrogens is 502 g/mol. The first kappa shape index (κ1) is 29.5. The number of hydrogen-bond acceptors (Lipinski definition) is 6. The number of aliphatic hydroxyl groups excluding tert-OH is 1. The minimum absolute atomic E-state index is 0.217. The van der Waals surface area contributed by atoms with Crippen molar-refractivity contribution in [1.29, 1.82) is 0 Å². The summed E-state index contributed by atoms with van der Waals surface area (Å²) in [7, 11) is 1.59. The number of thioether (sulfide) groups is 1. The number of carbonyl (C=O) groups is 3. The van der Waals surface area contributed by atoms with Crippen molar-refractivity contribution in [1.82, 2.24) is 15.5 Å². The largest absolute Gasteiger partial charge is 0.497 e. The van der Waals surface area contributed by atoms with E-state index in [0.29, 0.717) is 13.0 Å². The zero-order chi connectivity index (χ0) is 27.9. The lowest BCUT2D eigenvalue weighted by molar-refractivity contribution is -0.148. The second-order valence-electron chi connectivity index (χ2n) is 10.2. The Morgan fingerprint density at radius 3 is 2.37 bits per heavy atom. The van der Waals surface area contributed by atoms with E-state index in [-0.39, 0.29) is 30.0 Å². The lowest BCUT2D eigenvalue weighted by Crippen LogP contribution is -2.59. The summed E-state index contributed by atoms with van der Waals surface area (Å²) in [6, 6.07) is 15.2. The van der Waals surface area contributed by atoms with E-state index in [0.717, 1.165) is 16.9 Å². The van der Waals surface area contributed by atoms with E-state index in [4.69, 9.17) is 4.74 Å². The third kappa shape index (κ3) is 7.29. The molecule has 1 heterocycles. The number of rotatable bonds is 11. The van der Waals surface area contributed by atoms with E-state index in [9.17, 15) is 19.5 Å². The molecule has 3 rings (SSSR count). The molecule has 0 bridgehead atoms. The molecule has 1 fully saturated rings. The molecule has 38 heavy (non-hydrogen) atoms. The van der Waals surface area contributed by atoms with Crippen LogP contribution in [0.4, 0.5) is 0 Å². The van der Waals surface area contributed by atoms with Gasteiger partial charge in [-0.05, 0) is 49.9 Å². The van der Waals surface area contributed by atoms with Crippen LogP contribution in [0.25, 0.3) is 0 Å². The number of hydrogen-bond donors (Lipinski definition) is 3. The average molecular weight is 542 g/mol. The quantitative estimate of drug-likeness (QED) is 0.404. The average Bonchev–Trinajstić information content (AvgIpc) is 3.25. The molecule has 4 atom stereocenters. The van der Waals surface area contributed by atoms with Gasteiger partial charge in [-0.1, -0.05) is 56.3 Å². The molecule has 9 heteroatoms. The highest BCUT2D eigenvalue weighted by Gasteiger charge is 2.49. The topological polar surface area (TPSA) is 108 Å². The van der Waals surface area contributed by atoms with E-state index < -0.39 is 28.8 Å². The first-order valence-electron chi connectivity index (χ1n) is 12.9. The zero-order valence-electron chi connectivity index (χ0n) is 22.8. The molecule has 0 spiro atoms. The standard InChI is InChI=1S/C29H39N3O5S/c1-6-19(2)26(34)31-23(16-20-10-8-7-9-11-20)24(33)28(36)32-18-38-29(3,4)25(32)27(35)30-17-21-12-14-22(37-5)15-13-21/h7-15,19,23-25,33H,6,16-18H2,1-5H3,(H,30,35)(H,31,34). The van der Waals surface area contributed by atoms with E-state index >= 15 is 0 Å². The third-order valence-electron chi connectivity index (χ3n) is 7.02. The van der Waals surface area contributed by atoms with Gasteiger partial charge in [0.05, 0.1) is 19.0 Å². The number of nitrogens with zero attached hydrogens (tertiary/aromatic N) is 1. The van der Waals surface area contributed by atoms with Crippen LogP contribution in [0.15, 0.2) is 54.6 Å². The number of ether oxygens (including phenoxy) is 1. The van der Waals surface area contributed by atoms with Crippen molar-refractivity contribution in [2.24, 2.45) is 5.92 Å². The second-order valence-corrected chi connectivity index (χ2v) is 11.8. The molecule has 1 aliphatic rings. The summed E-state index contributed by atoms with van der Waals surface area (Å²) in [4.78, 5) is 41.2. The Morgan fingerprint density at radius 1 is 1.11 bits per heavy atom. The molecular formula is C29H39N3O5S. The van der Waals surface area contributed by atoms with Gasteiger partial charge in [0.25, 0.3) is 5.91 Å². The van der Waals surface area contributed by atoms with Gasteiger partial charge in [0.2, 0.25) is 11.8 Å². The van der Waals surface area contributed by atoms with Gasteiger partial charge in [-0.15, -0.1) is 11.8 Å². The summed E-state index contributed by atoms with van der Waals surface area (Å²) in [5.74, 6) is -0.346. The molecule has 0 aliphatic carbocycles. The Balaban J connectivity index is 1.77. The molecule has 0 saturated carbocycles. The molecule has 0 aromatic heterocycles. The zero-order valence-corrected chi connectivity index (χ0v) is 23.6. The van der Waals surface area contributed by atoms with Crippen LogP contribution in [0.1, 0.15) is 45.2 Å².